The smallest absolute Gasteiger partial charge is 0.272 e. The third kappa shape index (κ3) is 4.21. The molecule has 6 nitrogen and oxygen atoms in total. The molecular formula is C23H25N5O. The summed E-state index contributed by atoms with van der Waals surface area (Å²) in [5.41, 5.74) is 4.79. The van der Waals surface area contributed by atoms with E-state index in [1.54, 1.807) is 12.4 Å². The highest BCUT2D eigenvalue weighted by atomic mass is 16.2. The first-order valence-corrected chi connectivity index (χ1v) is 9.86. The van der Waals surface area contributed by atoms with Crippen molar-refractivity contribution in [2.24, 2.45) is 0 Å². The number of pyridine rings is 2. The topological polar surface area (TPSA) is 61.4 Å². The van der Waals surface area contributed by atoms with Gasteiger partial charge in [-0.15, -0.1) is 0 Å². The van der Waals surface area contributed by atoms with Gasteiger partial charge in [-0.3, -0.25) is 9.78 Å². The predicted octanol–water partition coefficient (Wildman–Crippen LogP) is 3.80. The van der Waals surface area contributed by atoms with E-state index in [4.69, 9.17) is 0 Å². The average Bonchev–Trinajstić information content (AvgIpc) is 2.77. The minimum absolute atomic E-state index is 0.0321. The van der Waals surface area contributed by atoms with Crippen LogP contribution in [-0.4, -0.2) is 47.0 Å². The molecule has 1 fully saturated rings. The van der Waals surface area contributed by atoms with Crippen LogP contribution in [0.15, 0.2) is 60.9 Å². The number of anilines is 3. The number of carbonyl (C=O) groups excluding carboxylic acids is 1. The van der Waals surface area contributed by atoms with E-state index >= 15 is 0 Å². The second-order valence-corrected chi connectivity index (χ2v) is 7.27. The van der Waals surface area contributed by atoms with Crippen LogP contribution in [0.4, 0.5) is 17.2 Å². The molecule has 1 amide bonds. The number of carbonyl (C=O) groups is 1. The zero-order valence-electron chi connectivity index (χ0n) is 16.8. The third-order valence-electron chi connectivity index (χ3n) is 5.40. The summed E-state index contributed by atoms with van der Waals surface area (Å²) in [5.74, 6) is 0.924. The summed E-state index contributed by atoms with van der Waals surface area (Å²) in [7, 11) is 0. The van der Waals surface area contributed by atoms with Crippen LogP contribution >= 0.6 is 0 Å². The molecule has 6 heteroatoms. The predicted molar refractivity (Wildman–Crippen MR) is 116 cm³/mol. The van der Waals surface area contributed by atoms with E-state index in [1.807, 2.05) is 47.4 Å². The van der Waals surface area contributed by atoms with Crippen LogP contribution < -0.4 is 10.2 Å². The normalized spacial score (nSPS) is 14.0. The second kappa shape index (κ2) is 8.31. The number of nitrogens with one attached hydrogen (secondary N) is 1. The first-order chi connectivity index (χ1) is 14.1. The van der Waals surface area contributed by atoms with Crippen molar-refractivity contribution in [3.05, 3.63) is 77.7 Å². The van der Waals surface area contributed by atoms with Crippen molar-refractivity contribution in [1.82, 2.24) is 14.9 Å². The SMILES string of the molecule is Cc1cccc(Nc2ccnc(C(=O)N3CCN(c4ccccn4)CC3)c2)c1C. The number of aromatic nitrogens is 2. The Morgan fingerprint density at radius 1 is 0.931 bits per heavy atom. The summed E-state index contributed by atoms with van der Waals surface area (Å²) in [5, 5.41) is 3.41. The molecule has 0 atom stereocenters. The number of hydrogen-bond acceptors (Lipinski definition) is 5. The van der Waals surface area contributed by atoms with Gasteiger partial charge in [0, 0.05) is 49.9 Å². The fourth-order valence-corrected chi connectivity index (χ4v) is 3.51. The number of rotatable bonds is 4. The molecule has 1 N–H and O–H groups in total. The van der Waals surface area contributed by atoms with E-state index in [-0.39, 0.29) is 5.91 Å². The number of benzene rings is 1. The number of hydrogen-bond donors (Lipinski definition) is 1. The zero-order chi connectivity index (χ0) is 20.2. The van der Waals surface area contributed by atoms with Crippen LogP contribution in [0.25, 0.3) is 0 Å². The summed E-state index contributed by atoms with van der Waals surface area (Å²) < 4.78 is 0. The summed E-state index contributed by atoms with van der Waals surface area (Å²) >= 11 is 0. The Balaban J connectivity index is 1.43. The molecule has 0 spiro atoms. The molecular weight excluding hydrogens is 362 g/mol. The van der Waals surface area contributed by atoms with Crippen LogP contribution in [0.5, 0.6) is 0 Å². The highest BCUT2D eigenvalue weighted by Gasteiger charge is 2.23. The van der Waals surface area contributed by atoms with Gasteiger partial charge in [-0.1, -0.05) is 18.2 Å². The zero-order valence-corrected chi connectivity index (χ0v) is 16.8. The molecule has 148 valence electrons. The molecule has 0 unspecified atom stereocenters. The Kier molecular flexibility index (Phi) is 5.42. The van der Waals surface area contributed by atoms with E-state index in [9.17, 15) is 4.79 Å². The van der Waals surface area contributed by atoms with E-state index < -0.39 is 0 Å². The maximum absolute atomic E-state index is 13.0. The first kappa shape index (κ1) is 18.9. The van der Waals surface area contributed by atoms with Gasteiger partial charge in [-0.2, -0.15) is 0 Å². The first-order valence-electron chi connectivity index (χ1n) is 9.86. The Hall–Kier alpha value is -3.41. The molecule has 0 aliphatic carbocycles. The quantitative estimate of drug-likeness (QED) is 0.738. The summed E-state index contributed by atoms with van der Waals surface area (Å²) in [6.45, 7) is 7.03. The Bertz CT molecular complexity index is 997. The summed E-state index contributed by atoms with van der Waals surface area (Å²) in [6.07, 6.45) is 3.48. The molecule has 0 radical (unpaired) electrons. The Morgan fingerprint density at radius 2 is 1.76 bits per heavy atom. The lowest BCUT2D eigenvalue weighted by molar-refractivity contribution is 0.0740. The van der Waals surface area contributed by atoms with Gasteiger partial charge in [-0.25, -0.2) is 4.98 Å². The van der Waals surface area contributed by atoms with Gasteiger partial charge >= 0.3 is 0 Å². The molecule has 1 saturated heterocycles. The lowest BCUT2D eigenvalue weighted by Gasteiger charge is -2.35. The largest absolute Gasteiger partial charge is 0.355 e. The average molecular weight is 387 g/mol. The fourth-order valence-electron chi connectivity index (χ4n) is 3.51. The molecule has 29 heavy (non-hydrogen) atoms. The van der Waals surface area contributed by atoms with Crippen molar-refractivity contribution in [3.63, 3.8) is 0 Å². The van der Waals surface area contributed by atoms with Crippen molar-refractivity contribution in [2.45, 2.75) is 13.8 Å². The van der Waals surface area contributed by atoms with Crippen LogP contribution in [0.1, 0.15) is 21.6 Å². The maximum atomic E-state index is 13.0. The van der Waals surface area contributed by atoms with E-state index in [1.165, 1.54) is 11.1 Å². The Labute approximate surface area is 171 Å². The van der Waals surface area contributed by atoms with Gasteiger partial charge in [-0.05, 0) is 55.3 Å². The van der Waals surface area contributed by atoms with Gasteiger partial charge in [0.15, 0.2) is 0 Å². The molecule has 0 saturated carbocycles. The third-order valence-corrected chi connectivity index (χ3v) is 5.40. The second-order valence-electron chi connectivity index (χ2n) is 7.27. The highest BCUT2D eigenvalue weighted by molar-refractivity contribution is 5.93. The minimum Gasteiger partial charge on any atom is -0.355 e. The number of aryl methyl sites for hydroxylation is 1. The maximum Gasteiger partial charge on any atom is 0.272 e. The summed E-state index contributed by atoms with van der Waals surface area (Å²) in [4.78, 5) is 25.8. The monoisotopic (exact) mass is 387 g/mol. The van der Waals surface area contributed by atoms with E-state index in [0.717, 1.165) is 30.3 Å². The molecule has 1 aromatic carbocycles. The molecule has 0 bridgehead atoms. The van der Waals surface area contributed by atoms with Crippen molar-refractivity contribution >= 4 is 23.1 Å². The van der Waals surface area contributed by atoms with Crippen molar-refractivity contribution in [3.8, 4) is 0 Å². The van der Waals surface area contributed by atoms with Gasteiger partial charge in [0.1, 0.15) is 11.5 Å². The van der Waals surface area contributed by atoms with E-state index in [2.05, 4.69) is 40.1 Å². The van der Waals surface area contributed by atoms with Crippen molar-refractivity contribution in [1.29, 1.82) is 0 Å². The van der Waals surface area contributed by atoms with E-state index in [0.29, 0.717) is 18.8 Å². The molecule has 1 aliphatic rings. The number of nitrogens with zero attached hydrogens (tertiary/aromatic N) is 4. The van der Waals surface area contributed by atoms with Gasteiger partial charge in [0.25, 0.3) is 5.91 Å². The standard InChI is InChI=1S/C23H25N5O/c1-17-6-5-7-20(18(17)2)26-19-9-11-24-21(16-19)23(29)28-14-12-27(13-15-28)22-8-3-4-10-25-22/h3-11,16H,12-15H2,1-2H3,(H,24,26). The Morgan fingerprint density at radius 3 is 2.52 bits per heavy atom. The molecule has 3 heterocycles. The minimum atomic E-state index is -0.0321. The molecule has 2 aromatic heterocycles. The van der Waals surface area contributed by atoms with Crippen molar-refractivity contribution in [2.75, 3.05) is 36.4 Å². The fraction of sp³-hybridized carbons (Fsp3) is 0.261. The van der Waals surface area contributed by atoms with Gasteiger partial charge in [0.2, 0.25) is 0 Å². The highest BCUT2D eigenvalue weighted by Crippen LogP contribution is 2.23. The van der Waals surface area contributed by atoms with Crippen LogP contribution in [-0.2, 0) is 0 Å². The van der Waals surface area contributed by atoms with Crippen LogP contribution in [0.2, 0.25) is 0 Å². The lowest BCUT2D eigenvalue weighted by Crippen LogP contribution is -2.49. The van der Waals surface area contributed by atoms with Crippen LogP contribution in [0.3, 0.4) is 0 Å². The molecule has 4 rings (SSSR count). The van der Waals surface area contributed by atoms with Crippen LogP contribution in [0, 0.1) is 13.8 Å². The van der Waals surface area contributed by atoms with Gasteiger partial charge in [0.05, 0.1) is 0 Å². The molecule has 1 aliphatic heterocycles. The van der Waals surface area contributed by atoms with Crippen molar-refractivity contribution < 1.29 is 4.79 Å². The number of amides is 1. The number of piperazine rings is 1. The molecule has 3 aromatic rings. The summed E-state index contributed by atoms with van der Waals surface area (Å²) in [6, 6.07) is 15.8. The lowest BCUT2D eigenvalue weighted by atomic mass is 10.1. The van der Waals surface area contributed by atoms with Gasteiger partial charge < -0.3 is 15.1 Å².